The molecule has 146 valence electrons. The third-order valence-corrected chi connectivity index (χ3v) is 5.47. The molecule has 4 rings (SSSR count). The Bertz CT molecular complexity index is 896. The van der Waals surface area contributed by atoms with Crippen LogP contribution in [0.5, 0.6) is 0 Å². The second-order valence-corrected chi connectivity index (χ2v) is 7.48. The molecule has 2 atom stereocenters. The quantitative estimate of drug-likeness (QED) is 0.653. The summed E-state index contributed by atoms with van der Waals surface area (Å²) in [5.74, 6) is 0.601. The molecule has 3 aromatic rings. The molecule has 1 saturated heterocycles. The minimum Gasteiger partial charge on any atom is -0.447 e. The molecule has 0 unspecified atom stereocenters. The lowest BCUT2D eigenvalue weighted by molar-refractivity contribution is 0.215. The van der Waals surface area contributed by atoms with E-state index in [1.165, 1.54) is 6.07 Å². The first-order chi connectivity index (χ1) is 13.7. The Balaban J connectivity index is 1.36. The molecule has 0 radical (unpaired) electrons. The number of likely N-dealkylation sites (tertiary alicyclic amines) is 1. The molecule has 2 N–H and O–H groups in total. The summed E-state index contributed by atoms with van der Waals surface area (Å²) in [6.07, 6.45) is 5.28. The fourth-order valence-electron chi connectivity index (χ4n) is 3.94. The van der Waals surface area contributed by atoms with E-state index in [4.69, 9.17) is 15.1 Å². The SMILES string of the molecule is N[C@@H](CCN1CCC[C@H]1c1nc(-c2ccccc2)co1)Cc1ccccc1F. The molecule has 28 heavy (non-hydrogen) atoms. The molecule has 0 spiro atoms. The van der Waals surface area contributed by atoms with Crippen molar-refractivity contribution < 1.29 is 8.81 Å². The van der Waals surface area contributed by atoms with Gasteiger partial charge in [0.05, 0.1) is 6.04 Å². The van der Waals surface area contributed by atoms with E-state index in [-0.39, 0.29) is 17.9 Å². The van der Waals surface area contributed by atoms with Gasteiger partial charge in [0, 0.05) is 18.2 Å². The Morgan fingerprint density at radius 3 is 2.75 bits per heavy atom. The maximum atomic E-state index is 13.8. The van der Waals surface area contributed by atoms with Crippen LogP contribution in [0.15, 0.2) is 65.3 Å². The lowest BCUT2D eigenvalue weighted by Gasteiger charge is -2.23. The molecule has 5 heteroatoms. The van der Waals surface area contributed by atoms with Crippen molar-refractivity contribution >= 4 is 0 Å². The fraction of sp³-hybridized carbons (Fsp3) is 0.348. The standard InChI is InChI=1S/C23H26FN3O/c24-20-10-5-4-9-18(20)15-19(25)12-14-27-13-6-11-22(27)23-26-21(16-28-23)17-7-2-1-3-8-17/h1-5,7-10,16,19,22H,6,11-15,25H2/t19-,22-/m0/s1. The van der Waals surface area contributed by atoms with Crippen molar-refractivity contribution in [1.29, 1.82) is 0 Å². The van der Waals surface area contributed by atoms with Gasteiger partial charge in [-0.15, -0.1) is 0 Å². The zero-order valence-electron chi connectivity index (χ0n) is 15.9. The molecule has 0 aliphatic carbocycles. The van der Waals surface area contributed by atoms with Crippen LogP contribution in [-0.2, 0) is 6.42 Å². The Kier molecular flexibility index (Phi) is 5.84. The van der Waals surface area contributed by atoms with Crippen LogP contribution in [-0.4, -0.2) is 29.0 Å². The number of nitrogens with zero attached hydrogens (tertiary/aromatic N) is 2. The normalized spacial score (nSPS) is 18.4. The number of aromatic nitrogens is 1. The highest BCUT2D eigenvalue weighted by molar-refractivity contribution is 5.57. The summed E-state index contributed by atoms with van der Waals surface area (Å²) < 4.78 is 19.6. The van der Waals surface area contributed by atoms with E-state index in [1.807, 2.05) is 42.5 Å². The van der Waals surface area contributed by atoms with E-state index >= 15 is 0 Å². The van der Waals surface area contributed by atoms with Gasteiger partial charge in [0.25, 0.3) is 0 Å². The Morgan fingerprint density at radius 2 is 1.93 bits per heavy atom. The topological polar surface area (TPSA) is 55.3 Å². The van der Waals surface area contributed by atoms with E-state index in [0.29, 0.717) is 12.0 Å². The van der Waals surface area contributed by atoms with E-state index in [0.717, 1.165) is 49.5 Å². The van der Waals surface area contributed by atoms with Crippen molar-refractivity contribution in [3.05, 3.63) is 78.1 Å². The number of benzene rings is 2. The maximum Gasteiger partial charge on any atom is 0.211 e. The molecule has 1 fully saturated rings. The largest absolute Gasteiger partial charge is 0.447 e. The van der Waals surface area contributed by atoms with E-state index < -0.39 is 0 Å². The second kappa shape index (κ2) is 8.67. The molecule has 1 aliphatic heterocycles. The van der Waals surface area contributed by atoms with Crippen molar-refractivity contribution in [3.8, 4) is 11.3 Å². The molecular weight excluding hydrogens is 353 g/mol. The molecular formula is C23H26FN3O. The Labute approximate surface area is 165 Å². The summed E-state index contributed by atoms with van der Waals surface area (Å²) in [5.41, 5.74) is 8.91. The highest BCUT2D eigenvalue weighted by atomic mass is 19.1. The molecule has 4 nitrogen and oxygen atoms in total. The van der Waals surface area contributed by atoms with Crippen LogP contribution in [0.4, 0.5) is 4.39 Å². The first-order valence-electron chi connectivity index (χ1n) is 9.94. The number of halogens is 1. The van der Waals surface area contributed by atoms with Gasteiger partial charge in [-0.25, -0.2) is 9.37 Å². The van der Waals surface area contributed by atoms with Crippen LogP contribution >= 0.6 is 0 Å². The number of rotatable bonds is 7. The first-order valence-corrected chi connectivity index (χ1v) is 9.94. The maximum absolute atomic E-state index is 13.8. The van der Waals surface area contributed by atoms with Gasteiger partial charge in [-0.2, -0.15) is 0 Å². The number of oxazole rings is 1. The fourth-order valence-corrected chi connectivity index (χ4v) is 3.94. The van der Waals surface area contributed by atoms with Gasteiger partial charge in [0.2, 0.25) is 5.89 Å². The molecule has 1 aliphatic rings. The number of nitrogens with two attached hydrogens (primary N) is 1. The Hall–Kier alpha value is -2.50. The number of hydrogen-bond acceptors (Lipinski definition) is 4. The summed E-state index contributed by atoms with van der Waals surface area (Å²) >= 11 is 0. The summed E-state index contributed by atoms with van der Waals surface area (Å²) in [6, 6.07) is 17.1. The van der Waals surface area contributed by atoms with Gasteiger partial charge < -0.3 is 10.2 Å². The zero-order chi connectivity index (χ0) is 19.3. The predicted octanol–water partition coefficient (Wildman–Crippen LogP) is 4.58. The van der Waals surface area contributed by atoms with Gasteiger partial charge >= 0.3 is 0 Å². The lowest BCUT2D eigenvalue weighted by atomic mass is 10.0. The van der Waals surface area contributed by atoms with Crippen molar-refractivity contribution in [2.75, 3.05) is 13.1 Å². The van der Waals surface area contributed by atoms with E-state index in [9.17, 15) is 4.39 Å². The van der Waals surface area contributed by atoms with Gasteiger partial charge in [-0.1, -0.05) is 48.5 Å². The van der Waals surface area contributed by atoms with Crippen LogP contribution in [0.2, 0.25) is 0 Å². The molecule has 0 amide bonds. The Morgan fingerprint density at radius 1 is 1.14 bits per heavy atom. The summed E-state index contributed by atoms with van der Waals surface area (Å²) in [5, 5.41) is 0. The molecule has 2 aromatic carbocycles. The van der Waals surface area contributed by atoms with Crippen molar-refractivity contribution in [2.24, 2.45) is 5.73 Å². The van der Waals surface area contributed by atoms with Crippen LogP contribution in [0.25, 0.3) is 11.3 Å². The molecule has 0 saturated carbocycles. The molecule has 1 aromatic heterocycles. The smallest absolute Gasteiger partial charge is 0.211 e. The minimum absolute atomic E-state index is 0.0670. The van der Waals surface area contributed by atoms with Crippen LogP contribution in [0.3, 0.4) is 0 Å². The van der Waals surface area contributed by atoms with Gasteiger partial charge in [0.1, 0.15) is 17.8 Å². The number of hydrogen-bond donors (Lipinski definition) is 1. The van der Waals surface area contributed by atoms with Gasteiger partial charge in [0.15, 0.2) is 0 Å². The van der Waals surface area contributed by atoms with Crippen LogP contribution in [0, 0.1) is 5.82 Å². The summed E-state index contributed by atoms with van der Waals surface area (Å²) in [7, 11) is 0. The second-order valence-electron chi connectivity index (χ2n) is 7.48. The van der Waals surface area contributed by atoms with Gasteiger partial charge in [-0.05, 0) is 43.9 Å². The van der Waals surface area contributed by atoms with E-state index in [1.54, 1.807) is 12.3 Å². The zero-order valence-corrected chi connectivity index (χ0v) is 15.9. The summed E-state index contributed by atoms with van der Waals surface area (Å²) in [4.78, 5) is 7.12. The highest BCUT2D eigenvalue weighted by Gasteiger charge is 2.30. The van der Waals surface area contributed by atoms with Crippen LogP contribution < -0.4 is 5.73 Å². The third kappa shape index (κ3) is 4.32. The minimum atomic E-state index is -0.176. The average molecular weight is 379 g/mol. The third-order valence-electron chi connectivity index (χ3n) is 5.47. The van der Waals surface area contributed by atoms with Crippen LogP contribution in [0.1, 0.15) is 36.8 Å². The first kappa shape index (κ1) is 18.8. The molecule has 0 bridgehead atoms. The van der Waals surface area contributed by atoms with Crippen molar-refractivity contribution in [3.63, 3.8) is 0 Å². The summed E-state index contributed by atoms with van der Waals surface area (Å²) in [6.45, 7) is 1.88. The predicted molar refractivity (Wildman–Crippen MR) is 108 cm³/mol. The van der Waals surface area contributed by atoms with Gasteiger partial charge in [-0.3, -0.25) is 4.90 Å². The van der Waals surface area contributed by atoms with E-state index in [2.05, 4.69) is 4.90 Å². The van der Waals surface area contributed by atoms with Crippen molar-refractivity contribution in [1.82, 2.24) is 9.88 Å². The monoisotopic (exact) mass is 379 g/mol. The highest BCUT2D eigenvalue weighted by Crippen LogP contribution is 2.33. The molecule has 2 heterocycles. The average Bonchev–Trinajstić information content (AvgIpc) is 3.38. The van der Waals surface area contributed by atoms with Crippen molar-refractivity contribution in [2.45, 2.75) is 37.8 Å². The lowest BCUT2D eigenvalue weighted by Crippen LogP contribution is -2.32.